The number of ether oxygens (including phenoxy) is 1. The molecule has 0 saturated heterocycles. The molecule has 0 spiro atoms. The number of rotatable bonds is 4. The molecule has 1 amide bonds. The van der Waals surface area contributed by atoms with Gasteiger partial charge in [0.2, 0.25) is 0 Å². The van der Waals surface area contributed by atoms with E-state index in [4.69, 9.17) is 0 Å². The summed E-state index contributed by atoms with van der Waals surface area (Å²) in [5, 5.41) is -0.106. The molecule has 2 heterocycles. The van der Waals surface area contributed by atoms with Gasteiger partial charge in [-0.15, -0.1) is 0 Å². The van der Waals surface area contributed by atoms with Gasteiger partial charge in [-0.25, -0.2) is 13.4 Å². The molecule has 2 rings (SSSR count). The number of likely N-dealkylation sites (N-methyl/N-ethyl adjacent to an activating group) is 1. The minimum Gasteiger partial charge on any atom is -0.469 e. The standard InChI is InChI=1S/C13H16N2O5S/c1-15-7-4-9-10(13(15)17)3-6-14-12(9)21(18,19)8-5-11(16)20-2/h3,6H,4-5,7-8H2,1-2H3. The number of esters is 1. The van der Waals surface area contributed by atoms with Gasteiger partial charge in [0.1, 0.15) is 0 Å². The predicted octanol–water partition coefficient (Wildman–Crippen LogP) is 0.0465. The molecular weight excluding hydrogens is 296 g/mol. The second-order valence-corrected chi connectivity index (χ2v) is 6.79. The van der Waals surface area contributed by atoms with E-state index in [0.717, 1.165) is 0 Å². The number of methoxy groups -OCH3 is 1. The second-order valence-electron chi connectivity index (χ2n) is 4.76. The quantitative estimate of drug-likeness (QED) is 0.729. The van der Waals surface area contributed by atoms with Crippen LogP contribution in [0.4, 0.5) is 0 Å². The monoisotopic (exact) mass is 312 g/mol. The smallest absolute Gasteiger partial charge is 0.306 e. The highest BCUT2D eigenvalue weighted by atomic mass is 32.2. The molecule has 0 atom stereocenters. The Labute approximate surface area is 122 Å². The Bertz CT molecular complexity index is 684. The van der Waals surface area contributed by atoms with Crippen molar-refractivity contribution in [2.24, 2.45) is 0 Å². The highest BCUT2D eigenvalue weighted by Crippen LogP contribution is 2.24. The van der Waals surface area contributed by atoms with Gasteiger partial charge in [-0.3, -0.25) is 9.59 Å². The molecule has 1 aliphatic rings. The second kappa shape index (κ2) is 5.80. The Morgan fingerprint density at radius 1 is 1.48 bits per heavy atom. The average molecular weight is 312 g/mol. The first-order chi connectivity index (χ1) is 9.86. The molecule has 1 aromatic heterocycles. The van der Waals surface area contributed by atoms with E-state index in [1.54, 1.807) is 7.05 Å². The van der Waals surface area contributed by atoms with Crippen LogP contribution in [0.3, 0.4) is 0 Å². The Hall–Kier alpha value is -1.96. The van der Waals surface area contributed by atoms with Crippen LogP contribution in [0.2, 0.25) is 0 Å². The number of carbonyl (C=O) groups is 2. The van der Waals surface area contributed by atoms with E-state index in [9.17, 15) is 18.0 Å². The summed E-state index contributed by atoms with van der Waals surface area (Å²) in [4.78, 5) is 28.6. The number of hydrogen-bond acceptors (Lipinski definition) is 6. The van der Waals surface area contributed by atoms with Crippen LogP contribution in [-0.4, -0.2) is 56.6 Å². The largest absolute Gasteiger partial charge is 0.469 e. The lowest BCUT2D eigenvalue weighted by atomic mass is 10.0. The highest BCUT2D eigenvalue weighted by Gasteiger charge is 2.29. The van der Waals surface area contributed by atoms with Crippen molar-refractivity contribution in [1.82, 2.24) is 9.88 Å². The van der Waals surface area contributed by atoms with Gasteiger partial charge < -0.3 is 9.64 Å². The molecule has 0 saturated carbocycles. The van der Waals surface area contributed by atoms with E-state index in [1.807, 2.05) is 0 Å². The topological polar surface area (TPSA) is 93.6 Å². The van der Waals surface area contributed by atoms with E-state index in [2.05, 4.69) is 9.72 Å². The number of fused-ring (bicyclic) bond motifs is 1. The fourth-order valence-corrected chi connectivity index (χ4v) is 3.62. The SMILES string of the molecule is COC(=O)CCS(=O)(=O)c1nccc2c1CCN(C)C2=O. The number of nitrogens with zero attached hydrogens (tertiary/aromatic N) is 2. The molecule has 0 unspecified atom stereocenters. The maximum absolute atomic E-state index is 12.3. The normalized spacial score (nSPS) is 14.8. The summed E-state index contributed by atoms with van der Waals surface area (Å²) < 4.78 is 29.1. The molecule has 1 aliphatic heterocycles. The van der Waals surface area contributed by atoms with Crippen molar-refractivity contribution >= 4 is 21.7 Å². The number of aromatic nitrogens is 1. The van der Waals surface area contributed by atoms with Gasteiger partial charge in [0.05, 0.1) is 19.3 Å². The van der Waals surface area contributed by atoms with Crippen molar-refractivity contribution in [2.75, 3.05) is 26.5 Å². The molecule has 21 heavy (non-hydrogen) atoms. The zero-order valence-electron chi connectivity index (χ0n) is 11.8. The van der Waals surface area contributed by atoms with Gasteiger partial charge in [0.25, 0.3) is 5.91 Å². The van der Waals surface area contributed by atoms with E-state index in [-0.39, 0.29) is 23.1 Å². The Morgan fingerprint density at radius 2 is 2.19 bits per heavy atom. The van der Waals surface area contributed by atoms with Crippen molar-refractivity contribution in [2.45, 2.75) is 17.9 Å². The first-order valence-electron chi connectivity index (χ1n) is 6.39. The molecule has 0 N–H and O–H groups in total. The Kier molecular flexibility index (Phi) is 4.26. The molecule has 0 aliphatic carbocycles. The Balaban J connectivity index is 2.37. The summed E-state index contributed by atoms with van der Waals surface area (Å²) in [5.41, 5.74) is 0.792. The summed E-state index contributed by atoms with van der Waals surface area (Å²) in [6.07, 6.45) is 1.50. The van der Waals surface area contributed by atoms with Gasteiger partial charge >= 0.3 is 5.97 Å². The third kappa shape index (κ3) is 3.05. The molecule has 1 aromatic rings. The van der Waals surface area contributed by atoms with Crippen LogP contribution in [0.5, 0.6) is 0 Å². The lowest BCUT2D eigenvalue weighted by Crippen LogP contribution is -2.35. The molecule has 0 aromatic carbocycles. The highest BCUT2D eigenvalue weighted by molar-refractivity contribution is 7.91. The molecule has 0 radical (unpaired) electrons. The van der Waals surface area contributed by atoms with Crippen LogP contribution in [0.25, 0.3) is 0 Å². The van der Waals surface area contributed by atoms with Crippen LogP contribution in [0, 0.1) is 0 Å². The molecular formula is C13H16N2O5S. The summed E-state index contributed by atoms with van der Waals surface area (Å²) in [6, 6.07) is 1.52. The third-order valence-corrected chi connectivity index (χ3v) is 5.07. The number of pyridine rings is 1. The molecule has 8 heteroatoms. The van der Waals surface area contributed by atoms with Crippen molar-refractivity contribution in [3.05, 3.63) is 23.4 Å². The lowest BCUT2D eigenvalue weighted by Gasteiger charge is -2.25. The van der Waals surface area contributed by atoms with E-state index in [1.165, 1.54) is 24.3 Å². The molecule has 7 nitrogen and oxygen atoms in total. The lowest BCUT2D eigenvalue weighted by molar-refractivity contribution is -0.140. The van der Waals surface area contributed by atoms with Gasteiger partial charge in [0, 0.05) is 30.9 Å². The van der Waals surface area contributed by atoms with Gasteiger partial charge in [-0.2, -0.15) is 0 Å². The van der Waals surface area contributed by atoms with Crippen molar-refractivity contribution in [1.29, 1.82) is 0 Å². The number of hydrogen-bond donors (Lipinski definition) is 0. The zero-order valence-corrected chi connectivity index (χ0v) is 12.6. The molecule has 0 fully saturated rings. The summed E-state index contributed by atoms with van der Waals surface area (Å²) in [6.45, 7) is 0.442. The maximum atomic E-state index is 12.3. The minimum atomic E-state index is -3.73. The zero-order chi connectivity index (χ0) is 15.6. The fraction of sp³-hybridized carbons (Fsp3) is 0.462. The van der Waals surface area contributed by atoms with Crippen LogP contribution < -0.4 is 0 Å². The van der Waals surface area contributed by atoms with Crippen molar-refractivity contribution < 1.29 is 22.7 Å². The van der Waals surface area contributed by atoms with Gasteiger partial charge in [-0.1, -0.05) is 0 Å². The number of amides is 1. The predicted molar refractivity (Wildman–Crippen MR) is 73.6 cm³/mol. The fourth-order valence-electron chi connectivity index (χ4n) is 2.19. The van der Waals surface area contributed by atoms with E-state index < -0.39 is 15.8 Å². The van der Waals surface area contributed by atoms with Crippen LogP contribution >= 0.6 is 0 Å². The van der Waals surface area contributed by atoms with Crippen molar-refractivity contribution in [3.63, 3.8) is 0 Å². The van der Waals surface area contributed by atoms with Crippen LogP contribution in [0.15, 0.2) is 17.3 Å². The van der Waals surface area contributed by atoms with Crippen LogP contribution in [0.1, 0.15) is 22.3 Å². The first-order valence-corrected chi connectivity index (χ1v) is 8.05. The average Bonchev–Trinajstić information content (AvgIpc) is 2.48. The van der Waals surface area contributed by atoms with Gasteiger partial charge in [-0.05, 0) is 12.5 Å². The molecule has 114 valence electrons. The van der Waals surface area contributed by atoms with Crippen LogP contribution in [-0.2, 0) is 25.8 Å². The summed E-state index contributed by atoms with van der Waals surface area (Å²) in [5.74, 6) is -1.20. The van der Waals surface area contributed by atoms with Crippen molar-refractivity contribution in [3.8, 4) is 0 Å². The minimum absolute atomic E-state index is 0.106. The maximum Gasteiger partial charge on any atom is 0.306 e. The van der Waals surface area contributed by atoms with E-state index in [0.29, 0.717) is 24.1 Å². The number of carbonyl (C=O) groups excluding carboxylic acids is 2. The summed E-state index contributed by atoms with van der Waals surface area (Å²) in [7, 11) is -0.866. The van der Waals surface area contributed by atoms with Gasteiger partial charge in [0.15, 0.2) is 14.9 Å². The molecule has 0 bridgehead atoms. The third-order valence-electron chi connectivity index (χ3n) is 3.39. The van der Waals surface area contributed by atoms with E-state index >= 15 is 0 Å². The number of sulfone groups is 1. The first kappa shape index (κ1) is 15.4. The Morgan fingerprint density at radius 3 is 2.86 bits per heavy atom. The summed E-state index contributed by atoms with van der Waals surface area (Å²) >= 11 is 0.